The van der Waals surface area contributed by atoms with Gasteiger partial charge in [-0.05, 0) is 40.2 Å². The number of imidazole rings is 1. The second kappa shape index (κ2) is 6.39. The maximum Gasteiger partial charge on any atom is 0.222 e. The van der Waals surface area contributed by atoms with Gasteiger partial charge in [0.15, 0.2) is 0 Å². The molecule has 1 aliphatic rings. The van der Waals surface area contributed by atoms with Gasteiger partial charge in [0.1, 0.15) is 5.82 Å². The van der Waals surface area contributed by atoms with Crippen molar-refractivity contribution in [1.82, 2.24) is 19.8 Å². The number of nitrogens with zero attached hydrogens (tertiary/aromatic N) is 3. The molecule has 1 fully saturated rings. The monoisotopic (exact) mass is 278 g/mol. The van der Waals surface area contributed by atoms with E-state index in [0.717, 1.165) is 37.6 Å². The molecule has 1 unspecified atom stereocenters. The summed E-state index contributed by atoms with van der Waals surface area (Å²) >= 11 is 0. The Morgan fingerprint density at radius 3 is 2.90 bits per heavy atom. The summed E-state index contributed by atoms with van der Waals surface area (Å²) in [5.41, 5.74) is 1.10. The van der Waals surface area contributed by atoms with Crippen LogP contribution in [0.25, 0.3) is 0 Å². The largest absolute Gasteiger partial charge is 0.345 e. The van der Waals surface area contributed by atoms with Gasteiger partial charge in [0.25, 0.3) is 0 Å². The molecule has 1 aromatic heterocycles. The number of hydrogen-bond donors (Lipinski definition) is 1. The molecular weight excluding hydrogens is 252 g/mol. The summed E-state index contributed by atoms with van der Waals surface area (Å²) in [6, 6.07) is 0.309. The zero-order valence-corrected chi connectivity index (χ0v) is 13.0. The lowest BCUT2D eigenvalue weighted by Crippen LogP contribution is -2.46. The summed E-state index contributed by atoms with van der Waals surface area (Å²) in [7, 11) is 2.12. The minimum absolute atomic E-state index is 0.306. The Morgan fingerprint density at radius 2 is 2.30 bits per heavy atom. The quantitative estimate of drug-likeness (QED) is 0.893. The predicted molar refractivity (Wildman–Crippen MR) is 79.2 cm³/mol. The first kappa shape index (κ1) is 15.0. The number of carbonyl (C=O) groups excluding carboxylic acids is 1. The number of nitrogens with one attached hydrogen (secondary N) is 1. The molecule has 112 valence electrons. The van der Waals surface area contributed by atoms with E-state index in [9.17, 15) is 4.79 Å². The topological polar surface area (TPSA) is 52.2 Å². The zero-order chi connectivity index (χ0) is 14.7. The molecule has 0 spiro atoms. The van der Waals surface area contributed by atoms with Crippen LogP contribution < -0.4 is 0 Å². The van der Waals surface area contributed by atoms with Gasteiger partial charge in [-0.2, -0.15) is 0 Å². The fourth-order valence-electron chi connectivity index (χ4n) is 2.90. The van der Waals surface area contributed by atoms with Gasteiger partial charge < -0.3 is 9.88 Å². The molecule has 1 amide bonds. The molecule has 0 aromatic carbocycles. The van der Waals surface area contributed by atoms with Crippen LogP contribution in [0.3, 0.4) is 0 Å². The number of piperidine rings is 1. The lowest BCUT2D eigenvalue weighted by molar-refractivity contribution is -0.136. The summed E-state index contributed by atoms with van der Waals surface area (Å²) in [6.45, 7) is 8.93. The minimum atomic E-state index is 0.306. The molecule has 20 heavy (non-hydrogen) atoms. The lowest BCUT2D eigenvalue weighted by Gasteiger charge is -2.36. The van der Waals surface area contributed by atoms with Gasteiger partial charge >= 0.3 is 0 Å². The van der Waals surface area contributed by atoms with E-state index in [1.54, 1.807) is 0 Å². The highest BCUT2D eigenvalue weighted by atomic mass is 16.2. The SMILES string of the molecule is Cc1cnc(CN(C)CC2CCC(=O)N(C(C)C)C2)[nH]1. The maximum absolute atomic E-state index is 11.9. The first-order valence-corrected chi connectivity index (χ1v) is 7.44. The van der Waals surface area contributed by atoms with Gasteiger partial charge in [-0.3, -0.25) is 9.69 Å². The second-order valence-electron chi connectivity index (χ2n) is 6.25. The molecule has 1 aromatic rings. The number of aromatic amines is 1. The molecule has 1 atom stereocenters. The highest BCUT2D eigenvalue weighted by Gasteiger charge is 2.27. The number of hydrogen-bond acceptors (Lipinski definition) is 3. The fraction of sp³-hybridized carbons (Fsp3) is 0.733. The Bertz CT molecular complexity index is 454. The number of aromatic nitrogens is 2. The van der Waals surface area contributed by atoms with E-state index in [4.69, 9.17) is 0 Å². The molecule has 2 rings (SSSR count). The van der Waals surface area contributed by atoms with Crippen molar-refractivity contribution in [3.63, 3.8) is 0 Å². The normalized spacial score (nSPS) is 20.2. The third-order valence-electron chi connectivity index (χ3n) is 3.91. The summed E-state index contributed by atoms with van der Waals surface area (Å²) in [4.78, 5) is 23.8. The van der Waals surface area contributed by atoms with E-state index in [-0.39, 0.29) is 0 Å². The minimum Gasteiger partial charge on any atom is -0.345 e. The summed E-state index contributed by atoms with van der Waals surface area (Å²) < 4.78 is 0. The van der Waals surface area contributed by atoms with Crippen LogP contribution in [0.15, 0.2) is 6.20 Å². The molecular formula is C15H26N4O. The summed E-state index contributed by atoms with van der Waals surface area (Å²) in [6.07, 6.45) is 3.56. The van der Waals surface area contributed by atoms with Crippen LogP contribution in [0.1, 0.15) is 38.2 Å². The molecule has 2 heterocycles. The molecule has 5 heteroatoms. The van der Waals surface area contributed by atoms with Crippen molar-refractivity contribution in [3.8, 4) is 0 Å². The van der Waals surface area contributed by atoms with Crippen molar-refractivity contribution < 1.29 is 4.79 Å². The Morgan fingerprint density at radius 1 is 1.55 bits per heavy atom. The van der Waals surface area contributed by atoms with Crippen molar-refractivity contribution in [1.29, 1.82) is 0 Å². The molecule has 1 N–H and O–H groups in total. The Hall–Kier alpha value is -1.36. The number of amides is 1. The molecule has 1 saturated heterocycles. The molecule has 0 radical (unpaired) electrons. The summed E-state index contributed by atoms with van der Waals surface area (Å²) in [5, 5.41) is 0. The average molecular weight is 278 g/mol. The predicted octanol–water partition coefficient (Wildman–Crippen LogP) is 1.80. The van der Waals surface area contributed by atoms with Gasteiger partial charge in [-0.15, -0.1) is 0 Å². The van der Waals surface area contributed by atoms with Crippen LogP contribution in [0.2, 0.25) is 0 Å². The Kier molecular flexibility index (Phi) is 4.81. The van der Waals surface area contributed by atoms with Gasteiger partial charge in [0.05, 0.1) is 6.54 Å². The molecule has 0 saturated carbocycles. The first-order valence-electron chi connectivity index (χ1n) is 7.44. The molecule has 5 nitrogen and oxygen atoms in total. The number of aryl methyl sites for hydroxylation is 1. The highest BCUT2D eigenvalue weighted by molar-refractivity contribution is 5.77. The average Bonchev–Trinajstić information content (AvgIpc) is 2.76. The molecule has 0 bridgehead atoms. The van der Waals surface area contributed by atoms with Crippen molar-refractivity contribution in [2.75, 3.05) is 20.1 Å². The Labute approximate surface area is 121 Å². The van der Waals surface area contributed by atoms with Gasteiger partial charge in [-0.25, -0.2) is 4.98 Å². The standard InChI is InChI=1S/C15H26N4O/c1-11(2)19-9-13(5-6-15(19)20)8-18(4)10-14-16-7-12(3)17-14/h7,11,13H,5-6,8-10H2,1-4H3,(H,16,17). The van der Waals surface area contributed by atoms with E-state index >= 15 is 0 Å². The smallest absolute Gasteiger partial charge is 0.222 e. The van der Waals surface area contributed by atoms with Crippen LogP contribution in [0.5, 0.6) is 0 Å². The third kappa shape index (κ3) is 3.82. The number of carbonyl (C=O) groups is 1. The van der Waals surface area contributed by atoms with Crippen LogP contribution in [-0.4, -0.2) is 51.9 Å². The molecule has 0 aliphatic carbocycles. The third-order valence-corrected chi connectivity index (χ3v) is 3.91. The van der Waals surface area contributed by atoms with E-state index in [1.807, 2.05) is 18.0 Å². The van der Waals surface area contributed by atoms with Crippen LogP contribution in [0, 0.1) is 12.8 Å². The van der Waals surface area contributed by atoms with Crippen LogP contribution in [-0.2, 0) is 11.3 Å². The lowest BCUT2D eigenvalue weighted by atomic mass is 9.96. The van der Waals surface area contributed by atoms with Crippen LogP contribution >= 0.6 is 0 Å². The van der Waals surface area contributed by atoms with Crippen molar-refractivity contribution in [2.45, 2.75) is 46.2 Å². The van der Waals surface area contributed by atoms with E-state index in [0.29, 0.717) is 24.3 Å². The van der Waals surface area contributed by atoms with Gasteiger partial charge in [0.2, 0.25) is 5.91 Å². The number of H-pyrrole nitrogens is 1. The van der Waals surface area contributed by atoms with Gasteiger partial charge in [0, 0.05) is 37.4 Å². The molecule has 1 aliphatic heterocycles. The van der Waals surface area contributed by atoms with E-state index < -0.39 is 0 Å². The van der Waals surface area contributed by atoms with Crippen molar-refractivity contribution in [2.24, 2.45) is 5.92 Å². The summed E-state index contributed by atoms with van der Waals surface area (Å²) in [5.74, 6) is 1.88. The maximum atomic E-state index is 11.9. The zero-order valence-electron chi connectivity index (χ0n) is 13.0. The van der Waals surface area contributed by atoms with Crippen molar-refractivity contribution >= 4 is 5.91 Å². The Balaban J connectivity index is 1.85. The number of likely N-dealkylation sites (tertiary alicyclic amines) is 1. The first-order chi connectivity index (χ1) is 9.45. The van der Waals surface area contributed by atoms with E-state index in [1.165, 1.54) is 0 Å². The van der Waals surface area contributed by atoms with Crippen LogP contribution in [0.4, 0.5) is 0 Å². The fourth-order valence-corrected chi connectivity index (χ4v) is 2.90. The van der Waals surface area contributed by atoms with Gasteiger partial charge in [-0.1, -0.05) is 0 Å². The second-order valence-corrected chi connectivity index (χ2v) is 6.25. The van der Waals surface area contributed by atoms with Crippen molar-refractivity contribution in [3.05, 3.63) is 17.7 Å². The van der Waals surface area contributed by atoms with E-state index in [2.05, 4.69) is 35.8 Å². The highest BCUT2D eigenvalue weighted by Crippen LogP contribution is 2.20. The number of rotatable bonds is 5.